The molecule has 4 heteroatoms. The van der Waals surface area contributed by atoms with Gasteiger partial charge in [0.05, 0.1) is 5.69 Å². The van der Waals surface area contributed by atoms with Crippen molar-refractivity contribution in [2.75, 3.05) is 0 Å². The highest BCUT2D eigenvalue weighted by atomic mass is 35.5. The van der Waals surface area contributed by atoms with Gasteiger partial charge < -0.3 is 0 Å². The first-order valence-corrected chi connectivity index (χ1v) is 4.98. The number of halogens is 1. The Bertz CT molecular complexity index is 483. The van der Waals surface area contributed by atoms with Gasteiger partial charge in [-0.05, 0) is 37.1 Å². The van der Waals surface area contributed by atoms with Crippen LogP contribution in [0.5, 0.6) is 0 Å². The lowest BCUT2D eigenvalue weighted by Crippen LogP contribution is -1.97. The molecule has 0 spiro atoms. The highest BCUT2D eigenvalue weighted by Crippen LogP contribution is 2.23. The highest BCUT2D eigenvalue weighted by Gasteiger charge is 2.10. The summed E-state index contributed by atoms with van der Waals surface area (Å²) < 4.78 is 0. The van der Waals surface area contributed by atoms with E-state index in [0.29, 0.717) is 5.15 Å². The van der Waals surface area contributed by atoms with Gasteiger partial charge in [0, 0.05) is 6.20 Å². The predicted octanol–water partition coefficient (Wildman–Crippen LogP) is 2.81. The lowest BCUT2D eigenvalue weighted by molar-refractivity contribution is 0.995. The second kappa shape index (κ2) is 3.95. The molecule has 0 N–H and O–H groups in total. The first kappa shape index (κ1) is 10.1. The van der Waals surface area contributed by atoms with Crippen LogP contribution in [0.25, 0.3) is 11.4 Å². The Morgan fingerprint density at radius 2 is 1.87 bits per heavy atom. The Kier molecular flexibility index (Phi) is 2.64. The van der Waals surface area contributed by atoms with E-state index in [0.717, 1.165) is 22.5 Å². The molecule has 0 aliphatic carbocycles. The zero-order valence-electron chi connectivity index (χ0n) is 8.53. The van der Waals surface area contributed by atoms with Crippen LogP contribution < -0.4 is 0 Å². The van der Waals surface area contributed by atoms with Crippen LogP contribution in [0.1, 0.15) is 11.1 Å². The monoisotopic (exact) mass is 219 g/mol. The van der Waals surface area contributed by atoms with Crippen LogP contribution in [0, 0.1) is 13.8 Å². The number of hydrogen-bond acceptors (Lipinski definition) is 3. The molecule has 0 atom stereocenters. The molecule has 0 aliphatic heterocycles. The lowest BCUT2D eigenvalue weighted by atomic mass is 10.1. The highest BCUT2D eigenvalue weighted by molar-refractivity contribution is 6.30. The molecule has 0 saturated carbocycles. The van der Waals surface area contributed by atoms with Crippen LogP contribution in [-0.2, 0) is 0 Å². The van der Waals surface area contributed by atoms with Gasteiger partial charge in [-0.2, -0.15) is 0 Å². The fourth-order valence-corrected chi connectivity index (χ4v) is 1.50. The Morgan fingerprint density at radius 1 is 1.07 bits per heavy atom. The van der Waals surface area contributed by atoms with Gasteiger partial charge in [-0.3, -0.25) is 4.98 Å². The van der Waals surface area contributed by atoms with Crippen LogP contribution >= 0.6 is 11.6 Å². The first-order valence-electron chi connectivity index (χ1n) is 4.61. The summed E-state index contributed by atoms with van der Waals surface area (Å²) in [5, 5.41) is 8.41. The minimum atomic E-state index is 0.451. The second-order valence-electron chi connectivity index (χ2n) is 3.30. The first-order chi connectivity index (χ1) is 7.20. The van der Waals surface area contributed by atoms with E-state index in [9.17, 15) is 0 Å². The average Bonchev–Trinajstić information content (AvgIpc) is 2.27. The maximum Gasteiger partial charge on any atom is 0.154 e. The van der Waals surface area contributed by atoms with Gasteiger partial charge in [-0.25, -0.2) is 0 Å². The molecule has 0 aromatic carbocycles. The number of hydrogen-bond donors (Lipinski definition) is 0. The van der Waals surface area contributed by atoms with Gasteiger partial charge >= 0.3 is 0 Å². The second-order valence-corrected chi connectivity index (χ2v) is 3.66. The molecule has 2 rings (SSSR count). The molecule has 0 unspecified atom stereocenters. The van der Waals surface area contributed by atoms with Crippen LogP contribution in [0.2, 0.25) is 5.15 Å². The number of aromatic nitrogens is 3. The molecule has 2 aromatic heterocycles. The standard InChI is InChI=1S/C11H10ClN3/c1-7-8(2)11(12)15-14-10(7)9-5-3-4-6-13-9/h3-6H,1-2H3. The maximum absolute atomic E-state index is 5.88. The average molecular weight is 220 g/mol. The van der Waals surface area contributed by atoms with Gasteiger partial charge in [-0.1, -0.05) is 17.7 Å². The van der Waals surface area contributed by atoms with Crippen molar-refractivity contribution >= 4 is 11.6 Å². The topological polar surface area (TPSA) is 38.7 Å². The van der Waals surface area contributed by atoms with Crippen LogP contribution in [0.15, 0.2) is 24.4 Å². The van der Waals surface area contributed by atoms with Crippen molar-refractivity contribution in [1.82, 2.24) is 15.2 Å². The summed E-state index contributed by atoms with van der Waals surface area (Å²) in [6.45, 7) is 3.90. The normalized spacial score (nSPS) is 10.3. The van der Waals surface area contributed by atoms with Crippen molar-refractivity contribution in [1.29, 1.82) is 0 Å². The van der Waals surface area contributed by atoms with Crippen LogP contribution in [0.4, 0.5) is 0 Å². The number of pyridine rings is 1. The smallest absolute Gasteiger partial charge is 0.154 e. The van der Waals surface area contributed by atoms with E-state index in [-0.39, 0.29) is 0 Å². The number of nitrogens with zero attached hydrogens (tertiary/aromatic N) is 3. The van der Waals surface area contributed by atoms with Crippen molar-refractivity contribution in [2.45, 2.75) is 13.8 Å². The van der Waals surface area contributed by atoms with Crippen molar-refractivity contribution < 1.29 is 0 Å². The van der Waals surface area contributed by atoms with E-state index in [4.69, 9.17) is 11.6 Å². The van der Waals surface area contributed by atoms with E-state index in [2.05, 4.69) is 15.2 Å². The third-order valence-corrected chi connectivity index (χ3v) is 2.73. The SMILES string of the molecule is Cc1c(Cl)nnc(-c2ccccn2)c1C. The fourth-order valence-electron chi connectivity index (χ4n) is 1.32. The van der Waals surface area contributed by atoms with Crippen molar-refractivity contribution in [3.05, 3.63) is 40.7 Å². The molecule has 0 amide bonds. The minimum Gasteiger partial charge on any atom is -0.255 e. The molecular weight excluding hydrogens is 210 g/mol. The number of rotatable bonds is 1. The largest absolute Gasteiger partial charge is 0.255 e. The zero-order valence-corrected chi connectivity index (χ0v) is 9.28. The molecule has 15 heavy (non-hydrogen) atoms. The van der Waals surface area contributed by atoms with E-state index >= 15 is 0 Å². The predicted molar refractivity (Wildman–Crippen MR) is 59.7 cm³/mol. The molecule has 2 aromatic rings. The Labute approximate surface area is 93.1 Å². The summed E-state index contributed by atoms with van der Waals surface area (Å²) in [4.78, 5) is 4.24. The van der Waals surface area contributed by atoms with Gasteiger partial charge in [-0.15, -0.1) is 10.2 Å². The van der Waals surface area contributed by atoms with Crippen molar-refractivity contribution in [3.8, 4) is 11.4 Å². The van der Waals surface area contributed by atoms with Gasteiger partial charge in [0.25, 0.3) is 0 Å². The molecule has 0 bridgehead atoms. The third kappa shape index (κ3) is 1.83. The summed E-state index contributed by atoms with van der Waals surface area (Å²) >= 11 is 5.88. The Balaban J connectivity index is 2.60. The fraction of sp³-hybridized carbons (Fsp3) is 0.182. The quantitative estimate of drug-likeness (QED) is 0.740. The summed E-state index contributed by atoms with van der Waals surface area (Å²) in [5.41, 5.74) is 3.58. The van der Waals surface area contributed by atoms with Gasteiger partial charge in [0.15, 0.2) is 5.15 Å². The van der Waals surface area contributed by atoms with E-state index < -0.39 is 0 Å². The Morgan fingerprint density at radius 3 is 2.53 bits per heavy atom. The van der Waals surface area contributed by atoms with E-state index in [1.165, 1.54) is 0 Å². The van der Waals surface area contributed by atoms with Crippen molar-refractivity contribution in [3.63, 3.8) is 0 Å². The molecular formula is C11H10ClN3. The molecule has 76 valence electrons. The van der Waals surface area contributed by atoms with E-state index in [1.807, 2.05) is 32.0 Å². The molecule has 0 aliphatic rings. The molecule has 0 saturated heterocycles. The summed E-state index contributed by atoms with van der Waals surface area (Å²) in [6, 6.07) is 5.70. The minimum absolute atomic E-state index is 0.451. The van der Waals surface area contributed by atoms with E-state index in [1.54, 1.807) is 6.20 Å². The van der Waals surface area contributed by atoms with Gasteiger partial charge in [0.1, 0.15) is 5.69 Å². The molecule has 0 radical (unpaired) electrons. The maximum atomic E-state index is 5.88. The Hall–Kier alpha value is -1.48. The molecule has 2 heterocycles. The summed E-state index contributed by atoms with van der Waals surface area (Å²) in [6.07, 6.45) is 1.74. The van der Waals surface area contributed by atoms with Crippen molar-refractivity contribution in [2.24, 2.45) is 0 Å². The molecule has 3 nitrogen and oxygen atoms in total. The van der Waals surface area contributed by atoms with Crippen LogP contribution in [0.3, 0.4) is 0 Å². The third-order valence-electron chi connectivity index (χ3n) is 2.37. The summed E-state index contributed by atoms with van der Waals surface area (Å²) in [7, 11) is 0. The molecule has 0 fully saturated rings. The van der Waals surface area contributed by atoms with Crippen LogP contribution in [-0.4, -0.2) is 15.2 Å². The van der Waals surface area contributed by atoms with Gasteiger partial charge in [0.2, 0.25) is 0 Å². The summed E-state index contributed by atoms with van der Waals surface area (Å²) in [5.74, 6) is 0. The zero-order chi connectivity index (χ0) is 10.8. The lowest BCUT2D eigenvalue weighted by Gasteiger charge is -2.06.